The van der Waals surface area contributed by atoms with Gasteiger partial charge in [-0.05, 0) is 60.7 Å². The number of hydrogen-bond donors (Lipinski definition) is 2. The Bertz CT molecular complexity index is 776. The van der Waals surface area contributed by atoms with Crippen molar-refractivity contribution in [1.82, 2.24) is 0 Å². The molecule has 0 heterocycles. The highest BCUT2D eigenvalue weighted by atomic mass is 35.5. The second-order valence-corrected chi connectivity index (χ2v) is 7.09. The molecule has 0 aromatic heterocycles. The molecule has 3 rings (SSSR count). The minimum absolute atomic E-state index is 0.0106. The van der Waals surface area contributed by atoms with Crippen molar-refractivity contribution in [2.24, 2.45) is 0 Å². The van der Waals surface area contributed by atoms with E-state index in [2.05, 4.69) is 17.4 Å². The van der Waals surface area contributed by atoms with Gasteiger partial charge in [-0.3, -0.25) is 4.79 Å². The highest BCUT2D eigenvalue weighted by molar-refractivity contribution is 6.30. The summed E-state index contributed by atoms with van der Waals surface area (Å²) >= 11 is 6.07. The Morgan fingerprint density at radius 2 is 2.00 bits per heavy atom. The molecule has 0 saturated heterocycles. The minimum Gasteiger partial charge on any atom is -0.496 e. The van der Waals surface area contributed by atoms with Crippen molar-refractivity contribution in [2.45, 2.75) is 25.8 Å². The van der Waals surface area contributed by atoms with Gasteiger partial charge in [0.1, 0.15) is 12.3 Å². The van der Waals surface area contributed by atoms with Crippen LogP contribution in [0.25, 0.3) is 0 Å². The van der Waals surface area contributed by atoms with Crippen LogP contribution in [0.3, 0.4) is 0 Å². The smallest absolute Gasteiger partial charge is 0.279 e. The van der Waals surface area contributed by atoms with Crippen molar-refractivity contribution in [1.29, 1.82) is 0 Å². The largest absolute Gasteiger partial charge is 0.496 e. The number of fused-ring (bicyclic) bond motifs is 1. The van der Waals surface area contributed by atoms with E-state index in [4.69, 9.17) is 16.3 Å². The number of anilines is 1. The van der Waals surface area contributed by atoms with Gasteiger partial charge in [0.05, 0.1) is 14.2 Å². The number of halogens is 1. The molecular weight excluding hydrogens is 336 g/mol. The first-order valence-electron chi connectivity index (χ1n) is 8.60. The topological polar surface area (TPSA) is 42.8 Å². The SMILES string of the molecule is COc1ccc(Cl)cc1C[NH+](C)CC(=O)Nc1ccc2c(c1)CCC2. The van der Waals surface area contributed by atoms with E-state index in [0.717, 1.165) is 34.7 Å². The zero-order valence-electron chi connectivity index (χ0n) is 14.7. The van der Waals surface area contributed by atoms with E-state index in [1.165, 1.54) is 17.5 Å². The molecule has 2 N–H and O–H groups in total. The number of carbonyl (C=O) groups excluding carboxylic acids is 1. The summed E-state index contributed by atoms with van der Waals surface area (Å²) in [6, 6.07) is 11.8. The first-order valence-corrected chi connectivity index (χ1v) is 8.98. The molecule has 0 fully saturated rings. The first-order chi connectivity index (χ1) is 12.0. The number of hydrogen-bond acceptors (Lipinski definition) is 2. The van der Waals surface area contributed by atoms with Crippen molar-refractivity contribution < 1.29 is 14.4 Å². The number of likely N-dealkylation sites (N-methyl/N-ethyl adjacent to an activating group) is 1. The fourth-order valence-electron chi connectivity index (χ4n) is 3.40. The van der Waals surface area contributed by atoms with Gasteiger partial charge in [0.2, 0.25) is 0 Å². The maximum atomic E-state index is 12.3. The molecule has 1 unspecified atom stereocenters. The normalized spacial score (nSPS) is 14.0. The number of amides is 1. The van der Waals surface area contributed by atoms with Crippen molar-refractivity contribution in [3.05, 3.63) is 58.1 Å². The monoisotopic (exact) mass is 359 g/mol. The Hall–Kier alpha value is -2.04. The third-order valence-corrected chi connectivity index (χ3v) is 4.81. The molecule has 1 aliphatic carbocycles. The number of methoxy groups -OCH3 is 1. The fourth-order valence-corrected chi connectivity index (χ4v) is 3.60. The number of nitrogens with one attached hydrogen (secondary N) is 2. The predicted molar refractivity (Wildman–Crippen MR) is 101 cm³/mol. The highest BCUT2D eigenvalue weighted by Gasteiger charge is 2.15. The summed E-state index contributed by atoms with van der Waals surface area (Å²) in [6.45, 7) is 1.05. The minimum atomic E-state index is 0.0106. The standard InChI is InChI=1S/C20H23ClN2O2/c1-23(12-16-10-17(21)7-9-19(16)25-2)13-20(24)22-18-8-6-14-4-3-5-15(14)11-18/h6-11H,3-5,12-13H2,1-2H3,(H,22,24)/p+1. The van der Waals surface area contributed by atoms with Gasteiger partial charge in [-0.2, -0.15) is 0 Å². The van der Waals surface area contributed by atoms with Crippen molar-refractivity contribution in [2.75, 3.05) is 26.0 Å². The number of aryl methyl sites for hydroxylation is 2. The molecule has 1 aliphatic rings. The summed E-state index contributed by atoms with van der Waals surface area (Å²) < 4.78 is 5.37. The first kappa shape index (κ1) is 17.8. The van der Waals surface area contributed by atoms with Gasteiger partial charge in [0.25, 0.3) is 5.91 Å². The second-order valence-electron chi connectivity index (χ2n) is 6.65. The Balaban J connectivity index is 1.58. The van der Waals surface area contributed by atoms with Gasteiger partial charge in [0.15, 0.2) is 6.54 Å². The lowest BCUT2D eigenvalue weighted by Gasteiger charge is -2.16. The van der Waals surface area contributed by atoms with E-state index in [9.17, 15) is 4.79 Å². The van der Waals surface area contributed by atoms with Crippen LogP contribution in [0.1, 0.15) is 23.1 Å². The molecule has 0 spiro atoms. The zero-order chi connectivity index (χ0) is 17.8. The van der Waals surface area contributed by atoms with Gasteiger partial charge in [-0.25, -0.2) is 0 Å². The van der Waals surface area contributed by atoms with Gasteiger partial charge < -0.3 is 15.0 Å². The van der Waals surface area contributed by atoms with E-state index in [1.54, 1.807) is 13.2 Å². The second kappa shape index (κ2) is 7.89. The van der Waals surface area contributed by atoms with Crippen LogP contribution in [0.5, 0.6) is 5.75 Å². The van der Waals surface area contributed by atoms with Gasteiger partial charge in [-0.15, -0.1) is 0 Å². The number of quaternary nitrogens is 1. The fraction of sp³-hybridized carbons (Fsp3) is 0.350. The quantitative estimate of drug-likeness (QED) is 0.832. The summed E-state index contributed by atoms with van der Waals surface area (Å²) in [6.07, 6.45) is 3.47. The zero-order valence-corrected chi connectivity index (χ0v) is 15.5. The van der Waals surface area contributed by atoms with E-state index in [0.29, 0.717) is 18.1 Å². The lowest BCUT2D eigenvalue weighted by Crippen LogP contribution is -3.08. The molecule has 0 saturated carbocycles. The lowest BCUT2D eigenvalue weighted by molar-refractivity contribution is -0.885. The molecule has 1 atom stereocenters. The highest BCUT2D eigenvalue weighted by Crippen LogP contribution is 2.25. The molecular formula is C20H24ClN2O2+. The van der Waals surface area contributed by atoms with Crippen LogP contribution >= 0.6 is 11.6 Å². The molecule has 2 aromatic carbocycles. The number of carbonyl (C=O) groups is 1. The average molecular weight is 360 g/mol. The summed E-state index contributed by atoms with van der Waals surface area (Å²) in [5, 5.41) is 3.68. The molecule has 132 valence electrons. The third kappa shape index (κ3) is 4.53. The molecule has 0 radical (unpaired) electrons. The molecule has 5 heteroatoms. The maximum Gasteiger partial charge on any atom is 0.279 e. The van der Waals surface area contributed by atoms with E-state index in [-0.39, 0.29) is 5.91 Å². The molecule has 0 bridgehead atoms. The molecule has 2 aromatic rings. The van der Waals surface area contributed by atoms with Gasteiger partial charge in [-0.1, -0.05) is 17.7 Å². The van der Waals surface area contributed by atoms with Crippen molar-refractivity contribution in [3.8, 4) is 5.75 Å². The van der Waals surface area contributed by atoms with Crippen molar-refractivity contribution in [3.63, 3.8) is 0 Å². The number of ether oxygens (including phenoxy) is 1. The Kier molecular flexibility index (Phi) is 5.61. The van der Waals surface area contributed by atoms with Crippen LogP contribution in [0.2, 0.25) is 5.02 Å². The van der Waals surface area contributed by atoms with Crippen LogP contribution in [-0.4, -0.2) is 26.6 Å². The van der Waals surface area contributed by atoms with Crippen LogP contribution in [0.15, 0.2) is 36.4 Å². The van der Waals surface area contributed by atoms with Crippen LogP contribution in [-0.2, 0) is 24.2 Å². The lowest BCUT2D eigenvalue weighted by atomic mass is 10.1. The van der Waals surface area contributed by atoms with Crippen LogP contribution < -0.4 is 15.0 Å². The van der Waals surface area contributed by atoms with E-state index < -0.39 is 0 Å². The van der Waals surface area contributed by atoms with Gasteiger partial charge in [0, 0.05) is 16.3 Å². The van der Waals surface area contributed by atoms with E-state index in [1.807, 2.05) is 25.2 Å². The maximum absolute atomic E-state index is 12.3. The van der Waals surface area contributed by atoms with Gasteiger partial charge >= 0.3 is 0 Å². The molecule has 0 aliphatic heterocycles. The Morgan fingerprint density at radius 3 is 2.80 bits per heavy atom. The summed E-state index contributed by atoms with van der Waals surface area (Å²) in [7, 11) is 3.63. The Labute approximate surface area is 153 Å². The van der Waals surface area contributed by atoms with Crippen LogP contribution in [0, 0.1) is 0 Å². The summed E-state index contributed by atoms with van der Waals surface area (Å²) in [4.78, 5) is 13.4. The third-order valence-electron chi connectivity index (χ3n) is 4.58. The molecule has 1 amide bonds. The average Bonchev–Trinajstić information content (AvgIpc) is 3.02. The van der Waals surface area contributed by atoms with Crippen LogP contribution in [0.4, 0.5) is 5.69 Å². The summed E-state index contributed by atoms with van der Waals surface area (Å²) in [5.74, 6) is 0.805. The van der Waals surface area contributed by atoms with Crippen molar-refractivity contribution >= 4 is 23.2 Å². The predicted octanol–water partition coefficient (Wildman–Crippen LogP) is 2.49. The molecule has 4 nitrogen and oxygen atoms in total. The van der Waals surface area contributed by atoms with E-state index >= 15 is 0 Å². The molecule has 25 heavy (non-hydrogen) atoms. The Morgan fingerprint density at radius 1 is 1.20 bits per heavy atom. The number of benzene rings is 2. The summed E-state index contributed by atoms with van der Waals surface area (Å²) in [5.41, 5.74) is 4.66. The number of rotatable bonds is 6.